The standard InChI is InChI=1S/C19H23FN4O.HI/c1-2-21-19(23-10-8-16-4-3-11-25-16)22-9-7-14-13-24-18-12-15(20)5-6-17(14)18;/h3-6,11-13,24H,2,7-10H2,1H3,(H2,21,22,23);1H. The molecule has 0 aliphatic carbocycles. The van der Waals surface area contributed by atoms with E-state index >= 15 is 0 Å². The third kappa shape index (κ3) is 5.48. The van der Waals surface area contributed by atoms with Crippen molar-refractivity contribution in [2.75, 3.05) is 19.6 Å². The molecule has 0 saturated carbocycles. The van der Waals surface area contributed by atoms with E-state index in [2.05, 4.69) is 20.6 Å². The monoisotopic (exact) mass is 470 g/mol. The lowest BCUT2D eigenvalue weighted by atomic mass is 10.1. The molecule has 5 nitrogen and oxygen atoms in total. The van der Waals surface area contributed by atoms with Crippen LogP contribution in [0.2, 0.25) is 0 Å². The SMILES string of the molecule is CCNC(=NCCc1ccco1)NCCc1c[nH]c2cc(F)ccc12.I. The molecule has 3 aromatic rings. The van der Waals surface area contributed by atoms with Crippen LogP contribution >= 0.6 is 24.0 Å². The van der Waals surface area contributed by atoms with Crippen LogP contribution in [0, 0.1) is 5.82 Å². The molecule has 0 fully saturated rings. The van der Waals surface area contributed by atoms with E-state index in [1.54, 1.807) is 6.26 Å². The molecule has 0 radical (unpaired) electrons. The summed E-state index contributed by atoms with van der Waals surface area (Å²) in [5.41, 5.74) is 1.99. The minimum atomic E-state index is -0.225. The third-order valence-electron chi connectivity index (χ3n) is 3.97. The van der Waals surface area contributed by atoms with E-state index in [0.29, 0.717) is 6.54 Å². The van der Waals surface area contributed by atoms with Gasteiger partial charge in [-0.25, -0.2) is 4.39 Å². The zero-order valence-electron chi connectivity index (χ0n) is 14.7. The largest absolute Gasteiger partial charge is 0.469 e. The van der Waals surface area contributed by atoms with Gasteiger partial charge in [-0.3, -0.25) is 4.99 Å². The predicted octanol–water partition coefficient (Wildman–Crippen LogP) is 3.86. The fraction of sp³-hybridized carbons (Fsp3) is 0.316. The average molecular weight is 470 g/mol. The molecule has 0 amide bonds. The van der Waals surface area contributed by atoms with Gasteiger partial charge in [0.1, 0.15) is 11.6 Å². The number of H-pyrrole nitrogens is 1. The number of nitrogens with one attached hydrogen (secondary N) is 3. The molecule has 140 valence electrons. The van der Waals surface area contributed by atoms with Crippen LogP contribution < -0.4 is 10.6 Å². The highest BCUT2D eigenvalue weighted by Gasteiger charge is 2.05. The zero-order chi connectivity index (χ0) is 17.5. The second-order valence-corrected chi connectivity index (χ2v) is 5.77. The lowest BCUT2D eigenvalue weighted by Crippen LogP contribution is -2.38. The Hall–Kier alpha value is -2.03. The van der Waals surface area contributed by atoms with Crippen LogP contribution in [0.1, 0.15) is 18.2 Å². The highest BCUT2D eigenvalue weighted by molar-refractivity contribution is 14.0. The molecule has 0 unspecified atom stereocenters. The van der Waals surface area contributed by atoms with E-state index in [9.17, 15) is 4.39 Å². The molecule has 3 rings (SSSR count). The van der Waals surface area contributed by atoms with Gasteiger partial charge in [0.2, 0.25) is 0 Å². The number of hydrogen-bond acceptors (Lipinski definition) is 2. The van der Waals surface area contributed by atoms with Crippen LogP contribution in [0.25, 0.3) is 10.9 Å². The molecule has 3 N–H and O–H groups in total. The molecule has 2 aromatic heterocycles. The van der Waals surface area contributed by atoms with Crippen LogP contribution in [0.15, 0.2) is 52.2 Å². The fourth-order valence-corrected chi connectivity index (χ4v) is 2.76. The first-order chi connectivity index (χ1) is 12.3. The number of guanidine groups is 1. The van der Waals surface area contributed by atoms with Crippen molar-refractivity contribution in [3.05, 3.63) is 59.9 Å². The predicted molar refractivity (Wildman–Crippen MR) is 114 cm³/mol. The van der Waals surface area contributed by atoms with Gasteiger partial charge in [0, 0.05) is 43.2 Å². The lowest BCUT2D eigenvalue weighted by molar-refractivity contribution is 0.510. The van der Waals surface area contributed by atoms with E-state index in [1.165, 1.54) is 12.1 Å². The summed E-state index contributed by atoms with van der Waals surface area (Å²) in [4.78, 5) is 7.68. The van der Waals surface area contributed by atoms with Gasteiger partial charge in [-0.1, -0.05) is 0 Å². The highest BCUT2D eigenvalue weighted by Crippen LogP contribution is 2.19. The molecule has 0 aliphatic rings. The number of halogens is 2. The maximum Gasteiger partial charge on any atom is 0.191 e. The fourth-order valence-electron chi connectivity index (χ4n) is 2.76. The number of aliphatic imine (C=N–C) groups is 1. The van der Waals surface area contributed by atoms with Crippen LogP contribution in [0.4, 0.5) is 4.39 Å². The van der Waals surface area contributed by atoms with Crippen LogP contribution in [-0.2, 0) is 12.8 Å². The first kappa shape index (κ1) is 20.3. The first-order valence-electron chi connectivity index (χ1n) is 8.56. The number of aromatic amines is 1. The van der Waals surface area contributed by atoms with E-state index in [0.717, 1.165) is 54.1 Å². The molecule has 7 heteroatoms. The summed E-state index contributed by atoms with van der Waals surface area (Å²) in [6.45, 7) is 4.25. The zero-order valence-corrected chi connectivity index (χ0v) is 17.0. The molecule has 0 spiro atoms. The molecule has 0 saturated heterocycles. The maximum absolute atomic E-state index is 13.2. The van der Waals surface area contributed by atoms with Crippen molar-refractivity contribution in [2.24, 2.45) is 4.99 Å². The van der Waals surface area contributed by atoms with Crippen molar-refractivity contribution >= 4 is 40.8 Å². The molecule has 2 heterocycles. The Morgan fingerprint density at radius 2 is 2.12 bits per heavy atom. The second kappa shape index (κ2) is 10.2. The number of furan rings is 1. The van der Waals surface area contributed by atoms with Crippen molar-refractivity contribution in [2.45, 2.75) is 19.8 Å². The Morgan fingerprint density at radius 1 is 1.23 bits per heavy atom. The number of rotatable bonds is 7. The van der Waals surface area contributed by atoms with Crippen LogP contribution in [-0.4, -0.2) is 30.6 Å². The van der Waals surface area contributed by atoms with Gasteiger partial charge in [0.05, 0.1) is 6.26 Å². The summed E-state index contributed by atoms with van der Waals surface area (Å²) in [5.74, 6) is 1.50. The van der Waals surface area contributed by atoms with Gasteiger partial charge < -0.3 is 20.0 Å². The molecule has 0 aliphatic heterocycles. The number of benzene rings is 1. The quantitative estimate of drug-likeness (QED) is 0.279. The van der Waals surface area contributed by atoms with Crippen LogP contribution in [0.5, 0.6) is 0 Å². The smallest absolute Gasteiger partial charge is 0.191 e. The Labute approximate surface area is 169 Å². The molecule has 0 atom stereocenters. The summed E-state index contributed by atoms with van der Waals surface area (Å²) in [6.07, 6.45) is 5.22. The van der Waals surface area contributed by atoms with E-state index < -0.39 is 0 Å². The third-order valence-corrected chi connectivity index (χ3v) is 3.97. The molecular formula is C19H24FIN4O. The van der Waals surface area contributed by atoms with Gasteiger partial charge in [-0.05, 0) is 49.2 Å². The van der Waals surface area contributed by atoms with Gasteiger partial charge in [-0.15, -0.1) is 24.0 Å². The van der Waals surface area contributed by atoms with Gasteiger partial charge in [0.15, 0.2) is 5.96 Å². The molecule has 0 bridgehead atoms. The lowest BCUT2D eigenvalue weighted by Gasteiger charge is -2.11. The number of aromatic nitrogens is 1. The highest BCUT2D eigenvalue weighted by atomic mass is 127. The summed E-state index contributed by atoms with van der Waals surface area (Å²) >= 11 is 0. The Kier molecular flexibility index (Phi) is 7.96. The Balaban J connectivity index is 0.00000243. The normalized spacial score (nSPS) is 11.4. The topological polar surface area (TPSA) is 65.3 Å². The van der Waals surface area contributed by atoms with Crippen molar-refractivity contribution in [1.82, 2.24) is 15.6 Å². The summed E-state index contributed by atoms with van der Waals surface area (Å²) < 4.78 is 18.6. The van der Waals surface area contributed by atoms with Gasteiger partial charge in [-0.2, -0.15) is 0 Å². The van der Waals surface area contributed by atoms with E-state index in [-0.39, 0.29) is 29.8 Å². The second-order valence-electron chi connectivity index (χ2n) is 5.77. The minimum Gasteiger partial charge on any atom is -0.469 e. The summed E-state index contributed by atoms with van der Waals surface area (Å²) in [6, 6.07) is 8.67. The van der Waals surface area contributed by atoms with Crippen molar-refractivity contribution in [3.8, 4) is 0 Å². The van der Waals surface area contributed by atoms with Gasteiger partial charge >= 0.3 is 0 Å². The maximum atomic E-state index is 13.2. The average Bonchev–Trinajstić information content (AvgIpc) is 3.24. The van der Waals surface area contributed by atoms with Crippen molar-refractivity contribution < 1.29 is 8.81 Å². The van der Waals surface area contributed by atoms with Crippen molar-refractivity contribution in [1.29, 1.82) is 0 Å². The Morgan fingerprint density at radius 3 is 2.88 bits per heavy atom. The number of hydrogen-bond donors (Lipinski definition) is 3. The summed E-state index contributed by atoms with van der Waals surface area (Å²) in [7, 11) is 0. The minimum absolute atomic E-state index is 0. The molecule has 26 heavy (non-hydrogen) atoms. The number of fused-ring (bicyclic) bond motifs is 1. The van der Waals surface area contributed by atoms with Crippen LogP contribution in [0.3, 0.4) is 0 Å². The Bertz CT molecular complexity index is 829. The van der Waals surface area contributed by atoms with Gasteiger partial charge in [0.25, 0.3) is 0 Å². The summed E-state index contributed by atoms with van der Waals surface area (Å²) in [5, 5.41) is 7.63. The number of nitrogens with zero attached hydrogens (tertiary/aromatic N) is 1. The molecule has 1 aromatic carbocycles. The molecular weight excluding hydrogens is 446 g/mol. The van der Waals surface area contributed by atoms with E-state index in [1.807, 2.05) is 31.3 Å². The van der Waals surface area contributed by atoms with E-state index in [4.69, 9.17) is 4.42 Å². The van der Waals surface area contributed by atoms with Crippen molar-refractivity contribution in [3.63, 3.8) is 0 Å². The first-order valence-corrected chi connectivity index (χ1v) is 8.56.